The summed E-state index contributed by atoms with van der Waals surface area (Å²) in [5.74, 6) is 0.462. The van der Waals surface area contributed by atoms with E-state index in [4.69, 9.17) is 4.74 Å². The van der Waals surface area contributed by atoms with Gasteiger partial charge in [0, 0.05) is 0 Å². The molecule has 2 heteroatoms. The molecule has 0 radical (unpaired) electrons. The van der Waals surface area contributed by atoms with Crippen molar-refractivity contribution in [3.63, 3.8) is 0 Å². The lowest BCUT2D eigenvalue weighted by atomic mass is 9.92. The Balaban J connectivity index is 2.99. The van der Waals surface area contributed by atoms with E-state index in [1.807, 2.05) is 0 Å². The highest BCUT2D eigenvalue weighted by Crippen LogP contribution is 2.28. The lowest BCUT2D eigenvalue weighted by molar-refractivity contribution is -0.0952. The SMILES string of the molecule is CCNC(c1ccccc1)C(OC(C)(C)C)C(C)C. The van der Waals surface area contributed by atoms with E-state index in [0.29, 0.717) is 5.92 Å². The lowest BCUT2D eigenvalue weighted by Crippen LogP contribution is -2.41. The molecule has 1 N–H and O–H groups in total. The summed E-state index contributed by atoms with van der Waals surface area (Å²) in [5, 5.41) is 3.58. The van der Waals surface area contributed by atoms with Gasteiger partial charge in [0.2, 0.25) is 0 Å². The average Bonchev–Trinajstić information content (AvgIpc) is 2.33. The van der Waals surface area contributed by atoms with Crippen LogP contribution in [-0.4, -0.2) is 18.2 Å². The fourth-order valence-corrected chi connectivity index (χ4v) is 2.30. The normalized spacial score (nSPS) is 15.5. The average molecular weight is 263 g/mol. The molecule has 0 bridgehead atoms. The van der Waals surface area contributed by atoms with Gasteiger partial charge in [-0.1, -0.05) is 51.1 Å². The third-order valence-electron chi connectivity index (χ3n) is 3.06. The summed E-state index contributed by atoms with van der Waals surface area (Å²) < 4.78 is 6.31. The fourth-order valence-electron chi connectivity index (χ4n) is 2.30. The number of likely N-dealkylation sites (N-methyl/N-ethyl adjacent to an activating group) is 1. The van der Waals surface area contributed by atoms with Crippen LogP contribution in [-0.2, 0) is 4.74 Å². The zero-order chi connectivity index (χ0) is 14.5. The van der Waals surface area contributed by atoms with Crippen LogP contribution in [0.3, 0.4) is 0 Å². The number of hydrogen-bond donors (Lipinski definition) is 1. The Morgan fingerprint density at radius 1 is 1.11 bits per heavy atom. The first-order chi connectivity index (χ1) is 8.85. The van der Waals surface area contributed by atoms with Crippen molar-refractivity contribution in [3.8, 4) is 0 Å². The predicted octanol–water partition coefficient (Wildman–Crippen LogP) is 4.18. The summed E-state index contributed by atoms with van der Waals surface area (Å²) >= 11 is 0. The Morgan fingerprint density at radius 3 is 2.11 bits per heavy atom. The molecule has 0 aliphatic heterocycles. The second-order valence-electron chi connectivity index (χ2n) is 6.38. The first-order valence-corrected chi connectivity index (χ1v) is 7.31. The zero-order valence-corrected chi connectivity index (χ0v) is 13.2. The molecular weight excluding hydrogens is 234 g/mol. The summed E-state index contributed by atoms with van der Waals surface area (Å²) in [6.45, 7) is 13.9. The van der Waals surface area contributed by atoms with Crippen LogP contribution in [0.2, 0.25) is 0 Å². The summed E-state index contributed by atoms with van der Waals surface area (Å²) in [6, 6.07) is 10.8. The highest BCUT2D eigenvalue weighted by Gasteiger charge is 2.30. The van der Waals surface area contributed by atoms with E-state index < -0.39 is 0 Å². The van der Waals surface area contributed by atoms with Crippen molar-refractivity contribution >= 4 is 0 Å². The predicted molar refractivity (Wildman–Crippen MR) is 82.3 cm³/mol. The molecule has 2 nitrogen and oxygen atoms in total. The number of hydrogen-bond acceptors (Lipinski definition) is 2. The Hall–Kier alpha value is -0.860. The summed E-state index contributed by atoms with van der Waals surface area (Å²) in [6.07, 6.45) is 0.169. The Kier molecular flexibility index (Phi) is 6.02. The van der Waals surface area contributed by atoms with Crippen LogP contribution in [0.25, 0.3) is 0 Å². The number of nitrogens with one attached hydrogen (secondary N) is 1. The molecule has 0 spiro atoms. The molecule has 2 unspecified atom stereocenters. The largest absolute Gasteiger partial charge is 0.370 e. The summed E-state index contributed by atoms with van der Waals surface area (Å²) in [7, 11) is 0. The van der Waals surface area contributed by atoms with Gasteiger partial charge in [-0.15, -0.1) is 0 Å². The molecular formula is C17H29NO. The Bertz CT molecular complexity index is 353. The minimum atomic E-state index is -0.128. The van der Waals surface area contributed by atoms with Crippen LogP contribution >= 0.6 is 0 Å². The molecule has 0 fully saturated rings. The molecule has 108 valence electrons. The smallest absolute Gasteiger partial charge is 0.0799 e. The molecule has 0 aliphatic carbocycles. The van der Waals surface area contributed by atoms with E-state index in [1.54, 1.807) is 0 Å². The molecule has 0 aromatic heterocycles. The molecule has 19 heavy (non-hydrogen) atoms. The molecule has 0 amide bonds. The van der Waals surface area contributed by atoms with Crippen LogP contribution in [0.5, 0.6) is 0 Å². The first-order valence-electron chi connectivity index (χ1n) is 7.31. The second kappa shape index (κ2) is 7.06. The minimum absolute atomic E-state index is 0.128. The van der Waals surface area contributed by atoms with Crippen molar-refractivity contribution in [1.82, 2.24) is 5.32 Å². The summed E-state index contributed by atoms with van der Waals surface area (Å²) in [5.41, 5.74) is 1.17. The number of benzene rings is 1. The van der Waals surface area contributed by atoms with Gasteiger partial charge >= 0.3 is 0 Å². The van der Waals surface area contributed by atoms with Gasteiger partial charge in [-0.3, -0.25) is 0 Å². The van der Waals surface area contributed by atoms with Gasteiger partial charge in [0.15, 0.2) is 0 Å². The second-order valence-corrected chi connectivity index (χ2v) is 6.38. The molecule has 0 aliphatic rings. The first kappa shape index (κ1) is 16.2. The van der Waals surface area contributed by atoms with Gasteiger partial charge in [-0.25, -0.2) is 0 Å². The van der Waals surface area contributed by atoms with Crippen molar-refractivity contribution in [2.75, 3.05) is 6.54 Å². The maximum Gasteiger partial charge on any atom is 0.0799 e. The standard InChI is InChI=1S/C17H29NO/c1-7-18-15(14-11-9-8-10-12-14)16(13(2)3)19-17(4,5)6/h8-13,15-16,18H,7H2,1-6H3. The highest BCUT2D eigenvalue weighted by atomic mass is 16.5. The van der Waals surface area contributed by atoms with E-state index in [9.17, 15) is 0 Å². The topological polar surface area (TPSA) is 21.3 Å². The molecule has 0 heterocycles. The van der Waals surface area contributed by atoms with E-state index in [0.717, 1.165) is 6.54 Å². The van der Waals surface area contributed by atoms with Crippen molar-refractivity contribution in [3.05, 3.63) is 35.9 Å². The molecule has 1 aromatic carbocycles. The lowest BCUT2D eigenvalue weighted by Gasteiger charge is -2.36. The van der Waals surface area contributed by atoms with E-state index in [-0.39, 0.29) is 17.7 Å². The number of ether oxygens (including phenoxy) is 1. The van der Waals surface area contributed by atoms with Crippen molar-refractivity contribution in [2.45, 2.75) is 59.3 Å². The van der Waals surface area contributed by atoms with Gasteiger partial charge in [0.1, 0.15) is 0 Å². The molecule has 1 aromatic rings. The van der Waals surface area contributed by atoms with Crippen LogP contribution in [0.1, 0.15) is 53.1 Å². The van der Waals surface area contributed by atoms with Crippen molar-refractivity contribution in [1.29, 1.82) is 0 Å². The highest BCUT2D eigenvalue weighted by molar-refractivity contribution is 5.20. The van der Waals surface area contributed by atoms with Crippen molar-refractivity contribution < 1.29 is 4.74 Å². The summed E-state index contributed by atoms with van der Waals surface area (Å²) in [4.78, 5) is 0. The molecule has 2 atom stereocenters. The van der Waals surface area contributed by atoms with Gasteiger partial charge < -0.3 is 10.1 Å². The van der Waals surface area contributed by atoms with Gasteiger partial charge in [0.05, 0.1) is 17.7 Å². The third kappa shape index (κ3) is 5.33. The van der Waals surface area contributed by atoms with E-state index in [1.165, 1.54) is 5.56 Å². The van der Waals surface area contributed by atoms with E-state index >= 15 is 0 Å². The zero-order valence-electron chi connectivity index (χ0n) is 13.2. The van der Waals surface area contributed by atoms with Crippen LogP contribution in [0, 0.1) is 5.92 Å². The minimum Gasteiger partial charge on any atom is -0.370 e. The monoisotopic (exact) mass is 263 g/mol. The van der Waals surface area contributed by atoms with Gasteiger partial charge in [-0.05, 0) is 38.8 Å². The Morgan fingerprint density at radius 2 is 1.68 bits per heavy atom. The van der Waals surface area contributed by atoms with Gasteiger partial charge in [0.25, 0.3) is 0 Å². The fraction of sp³-hybridized carbons (Fsp3) is 0.647. The quantitative estimate of drug-likeness (QED) is 0.831. The molecule has 0 saturated carbocycles. The van der Waals surface area contributed by atoms with Crippen molar-refractivity contribution in [2.24, 2.45) is 5.92 Å². The maximum absolute atomic E-state index is 6.31. The van der Waals surface area contributed by atoms with Crippen LogP contribution in [0.4, 0.5) is 0 Å². The maximum atomic E-state index is 6.31. The van der Waals surface area contributed by atoms with Crippen LogP contribution < -0.4 is 5.32 Å². The van der Waals surface area contributed by atoms with Gasteiger partial charge in [-0.2, -0.15) is 0 Å². The number of rotatable bonds is 6. The Labute approximate surface area is 118 Å². The van der Waals surface area contributed by atoms with Crippen LogP contribution in [0.15, 0.2) is 30.3 Å². The third-order valence-corrected chi connectivity index (χ3v) is 3.06. The molecule has 0 saturated heterocycles. The molecule has 1 rings (SSSR count). The van der Waals surface area contributed by atoms with E-state index in [2.05, 4.69) is 77.2 Å².